The fourth-order valence-electron chi connectivity index (χ4n) is 2.65. The average Bonchev–Trinajstić information content (AvgIpc) is 3.31. The van der Waals surface area contributed by atoms with Gasteiger partial charge in [0.1, 0.15) is 5.82 Å². The number of aryl methyl sites for hydroxylation is 1. The molecule has 1 N–H and O–H groups in total. The molecule has 0 aliphatic rings. The lowest BCUT2D eigenvalue weighted by atomic mass is 10.2. The van der Waals surface area contributed by atoms with Crippen molar-refractivity contribution in [1.82, 2.24) is 19.6 Å². The van der Waals surface area contributed by atoms with Gasteiger partial charge in [-0.25, -0.2) is 4.68 Å². The van der Waals surface area contributed by atoms with Crippen LogP contribution in [0.5, 0.6) is 11.5 Å². The molecular weight excluding hydrogens is 334 g/mol. The fraction of sp³-hybridized carbons (Fsp3) is 0.278. The largest absolute Gasteiger partial charge is 0.493 e. The van der Waals surface area contributed by atoms with Crippen molar-refractivity contribution in [3.8, 4) is 11.5 Å². The van der Waals surface area contributed by atoms with Gasteiger partial charge in [0.25, 0.3) is 5.91 Å². The summed E-state index contributed by atoms with van der Waals surface area (Å²) in [7, 11) is 3.19. The molecule has 0 aliphatic carbocycles. The molecule has 8 nitrogen and oxygen atoms in total. The van der Waals surface area contributed by atoms with Gasteiger partial charge < -0.3 is 14.8 Å². The summed E-state index contributed by atoms with van der Waals surface area (Å²) in [5.74, 6) is 1.65. The zero-order chi connectivity index (χ0) is 18.5. The molecule has 0 bridgehead atoms. The Morgan fingerprint density at radius 1 is 1.19 bits per heavy atom. The molecule has 1 amide bonds. The van der Waals surface area contributed by atoms with E-state index < -0.39 is 0 Å². The smallest absolute Gasteiger partial charge is 0.259 e. The van der Waals surface area contributed by atoms with Gasteiger partial charge in [0.2, 0.25) is 0 Å². The molecule has 0 aliphatic heterocycles. The predicted octanol–water partition coefficient (Wildman–Crippen LogP) is 2.42. The van der Waals surface area contributed by atoms with Crippen LogP contribution in [-0.4, -0.2) is 39.7 Å². The standard InChI is InChI=1S/C18H21N5O3/c1-4-22-11-14(10-20-22)18(24)21-16-8-9-19-23(16)12-13-6-5-7-15(25-2)17(13)26-3/h5-11H,4,12H2,1-3H3,(H,21,24). The van der Waals surface area contributed by atoms with Crippen LogP contribution in [0, 0.1) is 0 Å². The minimum atomic E-state index is -0.232. The van der Waals surface area contributed by atoms with Gasteiger partial charge in [-0.3, -0.25) is 9.48 Å². The first-order chi connectivity index (χ1) is 12.7. The van der Waals surface area contributed by atoms with Crippen molar-refractivity contribution < 1.29 is 14.3 Å². The minimum Gasteiger partial charge on any atom is -0.493 e. The van der Waals surface area contributed by atoms with E-state index in [2.05, 4.69) is 15.5 Å². The maximum atomic E-state index is 12.4. The Bertz CT molecular complexity index is 900. The van der Waals surface area contributed by atoms with E-state index in [0.717, 1.165) is 5.56 Å². The Kier molecular flexibility index (Phi) is 5.21. The number of rotatable bonds is 7. The van der Waals surface area contributed by atoms with E-state index in [1.54, 1.807) is 48.2 Å². The van der Waals surface area contributed by atoms with Gasteiger partial charge in [-0.05, 0) is 13.0 Å². The van der Waals surface area contributed by atoms with Crippen LogP contribution in [0.2, 0.25) is 0 Å². The van der Waals surface area contributed by atoms with Crippen molar-refractivity contribution in [1.29, 1.82) is 0 Å². The molecule has 0 unspecified atom stereocenters. The molecule has 0 radical (unpaired) electrons. The monoisotopic (exact) mass is 355 g/mol. The van der Waals surface area contributed by atoms with Crippen LogP contribution in [0.3, 0.4) is 0 Å². The van der Waals surface area contributed by atoms with Crippen molar-refractivity contribution in [3.05, 3.63) is 54.0 Å². The second-order valence-electron chi connectivity index (χ2n) is 5.57. The number of aromatic nitrogens is 4. The third-order valence-corrected chi connectivity index (χ3v) is 3.98. The van der Waals surface area contributed by atoms with Crippen LogP contribution >= 0.6 is 0 Å². The van der Waals surface area contributed by atoms with Gasteiger partial charge in [-0.15, -0.1) is 0 Å². The number of benzene rings is 1. The summed E-state index contributed by atoms with van der Waals surface area (Å²) in [4.78, 5) is 12.4. The van der Waals surface area contributed by atoms with Crippen molar-refractivity contribution in [2.24, 2.45) is 0 Å². The number of para-hydroxylation sites is 1. The molecule has 3 rings (SSSR count). The Balaban J connectivity index is 1.80. The number of ether oxygens (including phenoxy) is 2. The Morgan fingerprint density at radius 2 is 2.04 bits per heavy atom. The lowest BCUT2D eigenvalue weighted by Gasteiger charge is -2.14. The minimum absolute atomic E-state index is 0.232. The van der Waals surface area contributed by atoms with Crippen LogP contribution in [0.15, 0.2) is 42.9 Å². The Hall–Kier alpha value is -3.29. The molecular formula is C18H21N5O3. The van der Waals surface area contributed by atoms with Gasteiger partial charge in [-0.1, -0.05) is 12.1 Å². The molecule has 0 saturated heterocycles. The number of nitrogens with one attached hydrogen (secondary N) is 1. The maximum absolute atomic E-state index is 12.4. The zero-order valence-electron chi connectivity index (χ0n) is 15.0. The van der Waals surface area contributed by atoms with E-state index in [0.29, 0.717) is 36.0 Å². The van der Waals surface area contributed by atoms with E-state index >= 15 is 0 Å². The number of nitrogens with zero attached hydrogens (tertiary/aromatic N) is 4. The summed E-state index contributed by atoms with van der Waals surface area (Å²) < 4.78 is 14.2. The number of amides is 1. The zero-order valence-corrected chi connectivity index (χ0v) is 15.0. The summed E-state index contributed by atoms with van der Waals surface area (Å²) in [6.07, 6.45) is 4.89. The Morgan fingerprint density at radius 3 is 2.73 bits per heavy atom. The molecule has 2 aromatic heterocycles. The fourth-order valence-corrected chi connectivity index (χ4v) is 2.65. The van der Waals surface area contributed by atoms with Crippen molar-refractivity contribution >= 4 is 11.7 Å². The Labute approximate surface area is 151 Å². The van der Waals surface area contributed by atoms with Gasteiger partial charge >= 0.3 is 0 Å². The summed E-state index contributed by atoms with van der Waals surface area (Å²) >= 11 is 0. The third-order valence-electron chi connectivity index (χ3n) is 3.98. The number of hydrogen-bond acceptors (Lipinski definition) is 5. The number of hydrogen-bond donors (Lipinski definition) is 1. The highest BCUT2D eigenvalue weighted by atomic mass is 16.5. The van der Waals surface area contributed by atoms with Crippen LogP contribution in [0.1, 0.15) is 22.8 Å². The number of methoxy groups -OCH3 is 2. The molecule has 3 aromatic rings. The topological polar surface area (TPSA) is 83.2 Å². The predicted molar refractivity (Wildman–Crippen MR) is 96.7 cm³/mol. The SMILES string of the molecule is CCn1cc(C(=O)Nc2ccnn2Cc2cccc(OC)c2OC)cn1. The lowest BCUT2D eigenvalue weighted by molar-refractivity contribution is 0.102. The molecule has 136 valence electrons. The highest BCUT2D eigenvalue weighted by Gasteiger charge is 2.14. The first kappa shape index (κ1) is 17.5. The lowest BCUT2D eigenvalue weighted by Crippen LogP contribution is -2.16. The number of carbonyl (C=O) groups excluding carboxylic acids is 1. The van der Waals surface area contributed by atoms with Crippen molar-refractivity contribution in [2.75, 3.05) is 19.5 Å². The van der Waals surface area contributed by atoms with E-state index in [4.69, 9.17) is 9.47 Å². The molecule has 8 heteroatoms. The second-order valence-corrected chi connectivity index (χ2v) is 5.57. The van der Waals surface area contributed by atoms with Crippen LogP contribution in [0.4, 0.5) is 5.82 Å². The molecule has 0 saturated carbocycles. The van der Waals surface area contributed by atoms with E-state index in [1.165, 1.54) is 0 Å². The molecule has 0 spiro atoms. The van der Waals surface area contributed by atoms with Crippen molar-refractivity contribution in [2.45, 2.75) is 20.0 Å². The maximum Gasteiger partial charge on any atom is 0.259 e. The summed E-state index contributed by atoms with van der Waals surface area (Å²) in [6, 6.07) is 7.39. The highest BCUT2D eigenvalue weighted by molar-refractivity contribution is 6.03. The molecule has 26 heavy (non-hydrogen) atoms. The first-order valence-electron chi connectivity index (χ1n) is 8.21. The van der Waals surface area contributed by atoms with Gasteiger partial charge in [0.15, 0.2) is 11.5 Å². The van der Waals surface area contributed by atoms with E-state index in [-0.39, 0.29) is 5.91 Å². The number of anilines is 1. The summed E-state index contributed by atoms with van der Waals surface area (Å²) in [6.45, 7) is 3.10. The summed E-state index contributed by atoms with van der Waals surface area (Å²) in [5, 5.41) is 11.3. The van der Waals surface area contributed by atoms with Gasteiger partial charge in [-0.2, -0.15) is 10.2 Å². The van der Waals surface area contributed by atoms with Crippen molar-refractivity contribution in [3.63, 3.8) is 0 Å². The third kappa shape index (κ3) is 3.53. The highest BCUT2D eigenvalue weighted by Crippen LogP contribution is 2.31. The summed E-state index contributed by atoms with van der Waals surface area (Å²) in [5.41, 5.74) is 1.39. The van der Waals surface area contributed by atoms with Crippen LogP contribution in [-0.2, 0) is 13.1 Å². The van der Waals surface area contributed by atoms with E-state index in [9.17, 15) is 4.79 Å². The quantitative estimate of drug-likeness (QED) is 0.704. The number of carbonyl (C=O) groups is 1. The van der Waals surface area contributed by atoms with Gasteiger partial charge in [0, 0.05) is 24.4 Å². The van der Waals surface area contributed by atoms with E-state index in [1.807, 2.05) is 25.1 Å². The first-order valence-corrected chi connectivity index (χ1v) is 8.21. The molecule has 1 aromatic carbocycles. The average molecular weight is 355 g/mol. The molecule has 0 atom stereocenters. The normalized spacial score (nSPS) is 10.6. The van der Waals surface area contributed by atoms with Gasteiger partial charge in [0.05, 0.1) is 38.7 Å². The molecule has 2 heterocycles. The van der Waals surface area contributed by atoms with Crippen LogP contribution in [0.25, 0.3) is 0 Å². The van der Waals surface area contributed by atoms with Crippen LogP contribution < -0.4 is 14.8 Å². The molecule has 0 fully saturated rings. The second kappa shape index (κ2) is 7.73.